The Hall–Kier alpha value is -2.01. The largest absolute Gasteiger partial charge is 0.486 e. The van der Waals surface area contributed by atoms with Gasteiger partial charge in [-0.2, -0.15) is 0 Å². The minimum absolute atomic E-state index is 0.0548. The molecule has 0 radical (unpaired) electrons. The van der Waals surface area contributed by atoms with E-state index < -0.39 is 11.6 Å². The van der Waals surface area contributed by atoms with Gasteiger partial charge in [-0.1, -0.05) is 6.07 Å². The van der Waals surface area contributed by atoms with Crippen molar-refractivity contribution in [2.45, 2.75) is 19.6 Å². The summed E-state index contributed by atoms with van der Waals surface area (Å²) < 4.78 is 31.9. The van der Waals surface area contributed by atoms with Crippen LogP contribution in [0.1, 0.15) is 24.1 Å². The summed E-state index contributed by atoms with van der Waals surface area (Å²) in [6.07, 6.45) is 2.57. The quantitative estimate of drug-likeness (QED) is 0.923. The lowest BCUT2D eigenvalue weighted by Crippen LogP contribution is -2.06. The number of nitrogens with two attached hydrogens (primary N) is 1. The molecule has 0 aliphatic heterocycles. The van der Waals surface area contributed by atoms with Crippen molar-refractivity contribution in [3.05, 3.63) is 59.4 Å². The first kappa shape index (κ1) is 13.4. The average Bonchev–Trinajstić information content (AvgIpc) is 2.37. The third-order valence-electron chi connectivity index (χ3n) is 2.64. The van der Waals surface area contributed by atoms with Gasteiger partial charge in [-0.05, 0) is 30.7 Å². The lowest BCUT2D eigenvalue weighted by molar-refractivity contribution is 0.289. The maximum absolute atomic E-state index is 13.7. The van der Waals surface area contributed by atoms with Crippen LogP contribution in [0.5, 0.6) is 5.75 Å². The molecule has 0 saturated carbocycles. The molecule has 0 bridgehead atoms. The number of benzene rings is 1. The van der Waals surface area contributed by atoms with Crippen LogP contribution in [0, 0.1) is 11.6 Å². The first-order valence-corrected chi connectivity index (χ1v) is 5.83. The van der Waals surface area contributed by atoms with Crippen LogP contribution in [-0.4, -0.2) is 4.98 Å². The fourth-order valence-electron chi connectivity index (χ4n) is 1.61. The van der Waals surface area contributed by atoms with Crippen LogP contribution in [0.2, 0.25) is 0 Å². The van der Waals surface area contributed by atoms with Gasteiger partial charge in [-0.25, -0.2) is 8.78 Å². The summed E-state index contributed by atoms with van der Waals surface area (Å²) >= 11 is 0. The number of nitrogens with zero attached hydrogens (tertiary/aromatic N) is 1. The fraction of sp³-hybridized carbons (Fsp3) is 0.214. The number of hydrogen-bond donors (Lipinski definition) is 1. The van der Waals surface area contributed by atoms with Crippen molar-refractivity contribution in [3.63, 3.8) is 0 Å². The molecule has 1 aromatic heterocycles. The summed E-state index contributed by atoms with van der Waals surface area (Å²) in [5, 5.41) is 0. The van der Waals surface area contributed by atoms with Crippen LogP contribution in [-0.2, 0) is 6.61 Å². The molecule has 1 unspecified atom stereocenters. The fourth-order valence-corrected chi connectivity index (χ4v) is 1.61. The summed E-state index contributed by atoms with van der Waals surface area (Å²) in [4.78, 5) is 3.69. The van der Waals surface area contributed by atoms with E-state index in [1.54, 1.807) is 13.0 Å². The molecule has 2 N–H and O–H groups in total. The van der Waals surface area contributed by atoms with Crippen molar-refractivity contribution in [2.75, 3.05) is 0 Å². The highest BCUT2D eigenvalue weighted by Crippen LogP contribution is 2.22. The van der Waals surface area contributed by atoms with E-state index in [-0.39, 0.29) is 18.4 Å². The zero-order valence-corrected chi connectivity index (χ0v) is 10.4. The average molecular weight is 264 g/mol. The maximum Gasteiger partial charge on any atom is 0.165 e. The minimum Gasteiger partial charge on any atom is -0.486 e. The van der Waals surface area contributed by atoms with Gasteiger partial charge in [0, 0.05) is 17.8 Å². The van der Waals surface area contributed by atoms with Crippen molar-refractivity contribution in [3.8, 4) is 5.75 Å². The molecule has 100 valence electrons. The molecule has 0 fully saturated rings. The van der Waals surface area contributed by atoms with Crippen LogP contribution >= 0.6 is 0 Å². The molecule has 3 nitrogen and oxygen atoms in total. The molecule has 0 amide bonds. The Balaban J connectivity index is 2.07. The number of ether oxygens (including phenoxy) is 1. The Bertz CT molecular complexity index is 573. The Kier molecular flexibility index (Phi) is 4.06. The molecule has 0 saturated heterocycles. The van der Waals surface area contributed by atoms with Crippen LogP contribution in [0.25, 0.3) is 0 Å². The Morgan fingerprint density at radius 3 is 2.68 bits per heavy atom. The van der Waals surface area contributed by atoms with E-state index in [9.17, 15) is 8.78 Å². The van der Waals surface area contributed by atoms with Crippen LogP contribution in [0.4, 0.5) is 8.78 Å². The van der Waals surface area contributed by atoms with Gasteiger partial charge >= 0.3 is 0 Å². The number of halogens is 2. The van der Waals surface area contributed by atoms with E-state index in [1.807, 2.05) is 0 Å². The zero-order valence-electron chi connectivity index (χ0n) is 10.4. The standard InChI is InChI=1S/C14H14F2N2O/c1-9(17)11-2-3-14(13(16)5-11)19-8-10-4-12(15)7-18-6-10/h2-7,9H,8,17H2,1H3. The first-order valence-electron chi connectivity index (χ1n) is 5.83. The van der Waals surface area contributed by atoms with Crippen molar-refractivity contribution in [1.82, 2.24) is 4.98 Å². The summed E-state index contributed by atoms with van der Waals surface area (Å²) in [6, 6.07) is 5.61. The van der Waals surface area contributed by atoms with Crippen molar-refractivity contribution in [2.24, 2.45) is 5.73 Å². The van der Waals surface area contributed by atoms with Crippen molar-refractivity contribution < 1.29 is 13.5 Å². The van der Waals surface area contributed by atoms with Crippen LogP contribution in [0.3, 0.4) is 0 Å². The topological polar surface area (TPSA) is 48.1 Å². The zero-order chi connectivity index (χ0) is 13.8. The van der Waals surface area contributed by atoms with Gasteiger partial charge in [0.1, 0.15) is 12.4 Å². The smallest absolute Gasteiger partial charge is 0.165 e. The molecule has 0 aliphatic rings. The number of hydrogen-bond acceptors (Lipinski definition) is 3. The third-order valence-corrected chi connectivity index (χ3v) is 2.64. The summed E-state index contributed by atoms with van der Waals surface area (Å²) in [5.41, 5.74) is 6.89. The van der Waals surface area contributed by atoms with Gasteiger partial charge in [0.15, 0.2) is 11.6 Å². The number of rotatable bonds is 4. The monoisotopic (exact) mass is 264 g/mol. The van der Waals surface area contributed by atoms with E-state index in [1.165, 1.54) is 24.4 Å². The molecular weight excluding hydrogens is 250 g/mol. The lowest BCUT2D eigenvalue weighted by atomic mass is 10.1. The van der Waals surface area contributed by atoms with E-state index in [2.05, 4.69) is 4.98 Å². The van der Waals surface area contributed by atoms with E-state index in [0.717, 1.165) is 6.20 Å². The normalized spacial score (nSPS) is 12.2. The third kappa shape index (κ3) is 3.48. The van der Waals surface area contributed by atoms with Gasteiger partial charge in [-0.15, -0.1) is 0 Å². The molecule has 1 aromatic carbocycles. The molecule has 0 aliphatic carbocycles. The minimum atomic E-state index is -0.487. The SMILES string of the molecule is CC(N)c1ccc(OCc2cncc(F)c2)c(F)c1. The molecular formula is C14H14F2N2O. The summed E-state index contributed by atoms with van der Waals surface area (Å²) in [5.74, 6) is -0.832. The van der Waals surface area contributed by atoms with E-state index >= 15 is 0 Å². The Morgan fingerprint density at radius 1 is 1.26 bits per heavy atom. The van der Waals surface area contributed by atoms with Gasteiger partial charge in [0.25, 0.3) is 0 Å². The molecule has 19 heavy (non-hydrogen) atoms. The summed E-state index contributed by atoms with van der Waals surface area (Å²) in [7, 11) is 0. The maximum atomic E-state index is 13.7. The number of pyridine rings is 1. The first-order chi connectivity index (χ1) is 9.06. The second-order valence-corrected chi connectivity index (χ2v) is 4.28. The highest BCUT2D eigenvalue weighted by molar-refractivity contribution is 5.31. The van der Waals surface area contributed by atoms with Crippen LogP contribution < -0.4 is 10.5 Å². The molecule has 2 aromatic rings. The predicted molar refractivity (Wildman–Crippen MR) is 67.5 cm³/mol. The molecule has 5 heteroatoms. The van der Waals surface area contributed by atoms with E-state index in [4.69, 9.17) is 10.5 Å². The van der Waals surface area contributed by atoms with Crippen molar-refractivity contribution in [1.29, 1.82) is 0 Å². The Labute approximate surface area is 110 Å². The van der Waals surface area contributed by atoms with Gasteiger partial charge in [0.2, 0.25) is 0 Å². The summed E-state index contributed by atoms with van der Waals surface area (Å²) in [6.45, 7) is 1.83. The van der Waals surface area contributed by atoms with Crippen molar-refractivity contribution >= 4 is 0 Å². The molecule has 0 spiro atoms. The second-order valence-electron chi connectivity index (χ2n) is 4.28. The van der Waals surface area contributed by atoms with Gasteiger partial charge in [0.05, 0.1) is 6.20 Å². The van der Waals surface area contributed by atoms with E-state index in [0.29, 0.717) is 11.1 Å². The highest BCUT2D eigenvalue weighted by atomic mass is 19.1. The number of aromatic nitrogens is 1. The lowest BCUT2D eigenvalue weighted by Gasteiger charge is -2.10. The van der Waals surface area contributed by atoms with Gasteiger partial charge in [-0.3, -0.25) is 4.98 Å². The molecule has 1 heterocycles. The second kappa shape index (κ2) is 5.75. The molecule has 2 rings (SSSR count). The predicted octanol–water partition coefficient (Wildman–Crippen LogP) is 2.96. The molecule has 1 atom stereocenters. The van der Waals surface area contributed by atoms with Crippen LogP contribution in [0.15, 0.2) is 36.7 Å². The highest BCUT2D eigenvalue weighted by Gasteiger charge is 2.07. The Morgan fingerprint density at radius 2 is 2.05 bits per heavy atom. The van der Waals surface area contributed by atoms with Gasteiger partial charge < -0.3 is 10.5 Å².